The zero-order chi connectivity index (χ0) is 12.5. The molecule has 4 heteroatoms. The van der Waals surface area contributed by atoms with E-state index in [2.05, 4.69) is 11.4 Å². The summed E-state index contributed by atoms with van der Waals surface area (Å²) in [6, 6.07) is 3.14. The molecule has 0 unspecified atom stereocenters. The Hall–Kier alpha value is -0.400. The van der Waals surface area contributed by atoms with Crippen molar-refractivity contribution in [1.82, 2.24) is 5.32 Å². The Morgan fingerprint density at radius 2 is 1.88 bits per heavy atom. The minimum atomic E-state index is -0.199. The first-order valence-electron chi connectivity index (χ1n) is 6.68. The van der Waals surface area contributed by atoms with E-state index in [9.17, 15) is 0 Å². The average molecular weight is 253 g/mol. The van der Waals surface area contributed by atoms with E-state index in [1.807, 2.05) is 20.9 Å². The maximum absolute atomic E-state index is 9.08. The Kier molecular flexibility index (Phi) is 3.61. The topological polar surface area (TPSA) is 48.2 Å². The quantitative estimate of drug-likeness (QED) is 0.820. The maximum atomic E-state index is 9.08. The average Bonchev–Trinajstić information content (AvgIpc) is 3.07. The second-order valence-electron chi connectivity index (χ2n) is 5.39. The Labute approximate surface area is 107 Å². The van der Waals surface area contributed by atoms with Gasteiger partial charge in [-0.2, -0.15) is 5.26 Å². The molecule has 0 aromatic rings. The van der Waals surface area contributed by atoms with Gasteiger partial charge in [0.2, 0.25) is 0 Å². The van der Waals surface area contributed by atoms with Gasteiger partial charge in [-0.3, -0.25) is 4.36 Å². The largest absolute Gasteiger partial charge is 0.302 e. The van der Waals surface area contributed by atoms with Crippen LogP contribution in [-0.2, 0) is 10.7 Å². The van der Waals surface area contributed by atoms with Crippen molar-refractivity contribution in [3.63, 3.8) is 0 Å². The zero-order valence-corrected chi connectivity index (χ0v) is 11.9. The Bertz CT molecular complexity index is 349. The molecule has 0 aromatic carbocycles. The molecule has 0 amide bonds. The van der Waals surface area contributed by atoms with Gasteiger partial charge >= 0.3 is 0 Å². The van der Waals surface area contributed by atoms with Crippen LogP contribution in [0.15, 0.2) is 4.36 Å². The normalized spacial score (nSPS) is 42.6. The molecule has 1 spiro atoms. The summed E-state index contributed by atoms with van der Waals surface area (Å²) in [5, 5.41) is 12.2. The first kappa shape index (κ1) is 13.0. The first-order chi connectivity index (χ1) is 8.19. The summed E-state index contributed by atoms with van der Waals surface area (Å²) in [7, 11) is 2.27. The third-order valence-electron chi connectivity index (χ3n) is 3.84. The van der Waals surface area contributed by atoms with E-state index in [1.165, 1.54) is 24.3 Å². The molecule has 1 saturated heterocycles. The van der Waals surface area contributed by atoms with Crippen LogP contribution in [0, 0.1) is 16.7 Å². The summed E-state index contributed by atoms with van der Waals surface area (Å²) in [5.41, 5.74) is 0.301. The van der Waals surface area contributed by atoms with Gasteiger partial charge < -0.3 is 5.32 Å². The highest BCUT2D eigenvalue weighted by atomic mass is 32.2. The monoisotopic (exact) mass is 253 g/mol. The van der Waals surface area contributed by atoms with Gasteiger partial charge in [0, 0.05) is 11.5 Å². The number of nitrogens with one attached hydrogen (secondary N) is 1. The molecule has 1 aliphatic heterocycles. The minimum Gasteiger partial charge on any atom is -0.302 e. The van der Waals surface area contributed by atoms with Crippen LogP contribution in [0.4, 0.5) is 0 Å². The van der Waals surface area contributed by atoms with Gasteiger partial charge in [-0.1, -0.05) is 24.5 Å². The molecule has 0 radical (unpaired) electrons. The number of nitriles is 1. The lowest BCUT2D eigenvalue weighted by Crippen LogP contribution is -2.66. The molecule has 0 bridgehead atoms. The summed E-state index contributed by atoms with van der Waals surface area (Å²) >= 11 is 0. The van der Waals surface area contributed by atoms with E-state index in [-0.39, 0.29) is 5.54 Å². The van der Waals surface area contributed by atoms with Crippen LogP contribution in [0.2, 0.25) is 0 Å². The summed E-state index contributed by atoms with van der Waals surface area (Å²) in [4.78, 5) is 0. The van der Waals surface area contributed by atoms with Crippen LogP contribution in [0.5, 0.6) is 0 Å². The van der Waals surface area contributed by atoms with Crippen molar-refractivity contribution in [3.8, 4) is 6.07 Å². The Morgan fingerprint density at radius 3 is 2.29 bits per heavy atom. The van der Waals surface area contributed by atoms with Crippen molar-refractivity contribution in [1.29, 1.82) is 5.26 Å². The highest BCUT2D eigenvalue weighted by Crippen LogP contribution is 2.54. The number of rotatable bonds is 2. The standard InChI is InChI=1S/C11H17N3S.C2H6/c1-13-11(6-12)4-10(5-11)7-15(8-10)14-9-2-3-9;1-2/h9,13H,2-5,7-8H2,1H3;1-2H3. The van der Waals surface area contributed by atoms with Gasteiger partial charge in [-0.05, 0) is 38.1 Å². The van der Waals surface area contributed by atoms with E-state index in [0.29, 0.717) is 16.1 Å². The van der Waals surface area contributed by atoms with Crippen LogP contribution < -0.4 is 5.32 Å². The fourth-order valence-electron chi connectivity index (χ4n) is 2.87. The molecule has 3 aliphatic rings. The lowest BCUT2D eigenvalue weighted by atomic mass is 9.59. The highest BCUT2D eigenvalue weighted by Gasteiger charge is 2.59. The molecule has 17 heavy (non-hydrogen) atoms. The second-order valence-corrected chi connectivity index (χ2v) is 7.10. The lowest BCUT2D eigenvalue weighted by molar-refractivity contribution is 0.0776. The van der Waals surface area contributed by atoms with Crippen LogP contribution in [-0.4, -0.2) is 30.1 Å². The Morgan fingerprint density at radius 1 is 1.29 bits per heavy atom. The van der Waals surface area contributed by atoms with Crippen LogP contribution in [0.3, 0.4) is 0 Å². The molecule has 0 aromatic heterocycles. The van der Waals surface area contributed by atoms with Crippen molar-refractivity contribution in [3.05, 3.63) is 0 Å². The van der Waals surface area contributed by atoms with E-state index < -0.39 is 0 Å². The summed E-state index contributed by atoms with van der Waals surface area (Å²) in [6.07, 6.45) is 4.76. The molecular weight excluding hydrogens is 230 g/mol. The highest BCUT2D eigenvalue weighted by molar-refractivity contribution is 7.88. The SMILES string of the molecule is CC.CNC1(C#N)CC2(CS(=NC3CC3)C2)C1. The minimum absolute atomic E-state index is 0.199. The van der Waals surface area contributed by atoms with Gasteiger partial charge in [0.1, 0.15) is 5.54 Å². The van der Waals surface area contributed by atoms with E-state index in [0.717, 1.165) is 18.9 Å². The third kappa shape index (κ3) is 2.41. The predicted octanol–water partition coefficient (Wildman–Crippen LogP) is 2.25. The van der Waals surface area contributed by atoms with E-state index in [4.69, 9.17) is 9.62 Å². The summed E-state index contributed by atoms with van der Waals surface area (Å²) in [6.45, 7) is 4.00. The fourth-order valence-corrected chi connectivity index (χ4v) is 5.39. The van der Waals surface area contributed by atoms with Gasteiger partial charge in [0.05, 0.1) is 12.1 Å². The smallest absolute Gasteiger partial charge is 0.107 e. The maximum Gasteiger partial charge on any atom is 0.107 e. The molecule has 0 atom stereocenters. The van der Waals surface area contributed by atoms with Crippen molar-refractivity contribution in [2.75, 3.05) is 18.6 Å². The fraction of sp³-hybridized carbons (Fsp3) is 0.923. The van der Waals surface area contributed by atoms with Gasteiger partial charge in [-0.25, -0.2) is 0 Å². The molecule has 3 nitrogen and oxygen atoms in total. The van der Waals surface area contributed by atoms with Gasteiger partial charge in [0.15, 0.2) is 0 Å². The van der Waals surface area contributed by atoms with Crippen LogP contribution in [0.1, 0.15) is 39.5 Å². The molecule has 1 heterocycles. The predicted molar refractivity (Wildman–Crippen MR) is 73.0 cm³/mol. The third-order valence-corrected chi connectivity index (χ3v) is 6.32. The molecule has 3 fully saturated rings. The van der Waals surface area contributed by atoms with Crippen molar-refractivity contribution < 1.29 is 0 Å². The summed E-state index contributed by atoms with van der Waals surface area (Å²) in [5.74, 6) is 2.54. The molecule has 2 saturated carbocycles. The molecule has 2 aliphatic carbocycles. The first-order valence-corrected chi connectivity index (χ1v) is 8.20. The number of hydrogen-bond donors (Lipinski definition) is 1. The second kappa shape index (κ2) is 4.70. The summed E-state index contributed by atoms with van der Waals surface area (Å²) < 4.78 is 4.79. The molecular formula is C13H23N3S. The Balaban J connectivity index is 0.000000514. The van der Waals surface area contributed by atoms with E-state index in [1.54, 1.807) is 0 Å². The molecule has 96 valence electrons. The number of nitrogens with zero attached hydrogens (tertiary/aromatic N) is 2. The molecule has 1 N–H and O–H groups in total. The van der Waals surface area contributed by atoms with Crippen LogP contribution >= 0.6 is 0 Å². The van der Waals surface area contributed by atoms with Crippen molar-refractivity contribution >= 4 is 10.7 Å². The van der Waals surface area contributed by atoms with Gasteiger partial charge in [-0.15, -0.1) is 0 Å². The number of hydrogen-bond acceptors (Lipinski definition) is 3. The van der Waals surface area contributed by atoms with Crippen molar-refractivity contribution in [2.45, 2.75) is 51.1 Å². The van der Waals surface area contributed by atoms with Gasteiger partial charge in [0.25, 0.3) is 0 Å². The van der Waals surface area contributed by atoms with E-state index >= 15 is 0 Å². The van der Waals surface area contributed by atoms with Crippen LogP contribution in [0.25, 0.3) is 0 Å². The molecule has 3 rings (SSSR count). The zero-order valence-electron chi connectivity index (χ0n) is 11.1. The van der Waals surface area contributed by atoms with Crippen molar-refractivity contribution in [2.24, 2.45) is 9.78 Å². The lowest BCUT2D eigenvalue weighted by Gasteiger charge is -2.58.